The van der Waals surface area contributed by atoms with Crippen LogP contribution in [0.15, 0.2) is 22.7 Å². The van der Waals surface area contributed by atoms with E-state index in [1.165, 1.54) is 18.2 Å². The van der Waals surface area contributed by atoms with Crippen molar-refractivity contribution in [1.29, 1.82) is 0 Å². The number of halogens is 2. The summed E-state index contributed by atoms with van der Waals surface area (Å²) in [5.41, 5.74) is 1.64. The molecule has 0 spiro atoms. The Labute approximate surface area is 139 Å². The molecule has 1 aromatic carbocycles. The van der Waals surface area contributed by atoms with Crippen LogP contribution in [0.1, 0.15) is 11.4 Å². The summed E-state index contributed by atoms with van der Waals surface area (Å²) in [6, 6.07) is 3.86. The van der Waals surface area contributed by atoms with Gasteiger partial charge in [-0.25, -0.2) is 0 Å². The van der Waals surface area contributed by atoms with Crippen LogP contribution in [0.3, 0.4) is 0 Å². The van der Waals surface area contributed by atoms with Crippen molar-refractivity contribution in [3.8, 4) is 0 Å². The first-order valence-corrected chi connectivity index (χ1v) is 7.40. The summed E-state index contributed by atoms with van der Waals surface area (Å²) in [6.07, 6.45) is 0. The predicted octanol–water partition coefficient (Wildman–Crippen LogP) is 3.46. The molecule has 0 aliphatic heterocycles. The molecule has 1 heterocycles. The van der Waals surface area contributed by atoms with Crippen LogP contribution in [-0.2, 0) is 11.3 Å². The molecule has 0 bridgehead atoms. The number of amides is 1. The van der Waals surface area contributed by atoms with Gasteiger partial charge in [-0.2, -0.15) is 5.10 Å². The van der Waals surface area contributed by atoms with Crippen LogP contribution in [0.4, 0.5) is 11.4 Å². The van der Waals surface area contributed by atoms with Gasteiger partial charge in [-0.05, 0) is 35.8 Å². The molecule has 0 saturated heterocycles. The van der Waals surface area contributed by atoms with Crippen molar-refractivity contribution < 1.29 is 9.72 Å². The summed E-state index contributed by atoms with van der Waals surface area (Å²) in [6.45, 7) is 3.64. The van der Waals surface area contributed by atoms with Gasteiger partial charge in [0.2, 0.25) is 5.91 Å². The third-order valence-electron chi connectivity index (χ3n) is 3.02. The number of aromatic nitrogens is 2. The van der Waals surface area contributed by atoms with Crippen LogP contribution in [0, 0.1) is 24.0 Å². The average molecular weight is 388 g/mol. The lowest BCUT2D eigenvalue weighted by molar-refractivity contribution is -0.384. The Morgan fingerprint density at radius 1 is 1.50 bits per heavy atom. The van der Waals surface area contributed by atoms with Gasteiger partial charge in [0.05, 0.1) is 31.5 Å². The van der Waals surface area contributed by atoms with E-state index in [-0.39, 0.29) is 28.8 Å². The van der Waals surface area contributed by atoms with E-state index >= 15 is 0 Å². The summed E-state index contributed by atoms with van der Waals surface area (Å²) in [5.74, 6) is -0.375. The summed E-state index contributed by atoms with van der Waals surface area (Å²) in [5, 5.41) is 17.8. The Balaban J connectivity index is 2.17. The lowest BCUT2D eigenvalue weighted by Crippen LogP contribution is -2.20. The van der Waals surface area contributed by atoms with Crippen molar-refractivity contribution in [2.75, 3.05) is 5.32 Å². The molecule has 0 aliphatic carbocycles. The molecule has 0 aliphatic rings. The number of hydrogen-bond acceptors (Lipinski definition) is 4. The summed E-state index contributed by atoms with van der Waals surface area (Å²) in [7, 11) is 0. The second-order valence-electron chi connectivity index (χ2n) is 4.61. The molecule has 1 amide bonds. The molecular weight excluding hydrogens is 376 g/mol. The first-order chi connectivity index (χ1) is 10.3. The highest BCUT2D eigenvalue weighted by atomic mass is 79.9. The number of nitrogens with zero attached hydrogens (tertiary/aromatic N) is 3. The molecule has 0 fully saturated rings. The zero-order valence-corrected chi connectivity index (χ0v) is 14.1. The van der Waals surface area contributed by atoms with Crippen LogP contribution in [0.25, 0.3) is 0 Å². The first-order valence-electron chi connectivity index (χ1n) is 6.23. The van der Waals surface area contributed by atoms with E-state index in [9.17, 15) is 14.9 Å². The third-order valence-corrected chi connectivity index (χ3v) is 4.50. The highest BCUT2D eigenvalue weighted by Gasteiger charge is 2.15. The highest BCUT2D eigenvalue weighted by molar-refractivity contribution is 9.10. The molecule has 7 nitrogen and oxygen atoms in total. The number of carbonyl (C=O) groups excluding carboxylic acids is 1. The summed E-state index contributed by atoms with van der Waals surface area (Å²) < 4.78 is 2.38. The number of rotatable bonds is 4. The SMILES string of the molecule is Cc1nn(CC(=O)Nc2cc([N+](=O)[O-])ccc2Cl)c(C)c1Br. The Morgan fingerprint density at radius 3 is 2.73 bits per heavy atom. The Bertz CT molecular complexity index is 760. The van der Waals surface area contributed by atoms with Crippen molar-refractivity contribution in [3.05, 3.63) is 49.2 Å². The van der Waals surface area contributed by atoms with Gasteiger partial charge in [0.1, 0.15) is 6.54 Å². The lowest BCUT2D eigenvalue weighted by atomic mass is 10.2. The van der Waals surface area contributed by atoms with Crippen molar-refractivity contribution in [3.63, 3.8) is 0 Å². The predicted molar refractivity (Wildman–Crippen MR) is 86.1 cm³/mol. The molecule has 0 radical (unpaired) electrons. The number of nitrogens with one attached hydrogen (secondary N) is 1. The van der Waals surface area contributed by atoms with Gasteiger partial charge >= 0.3 is 0 Å². The van der Waals surface area contributed by atoms with Gasteiger partial charge in [0.15, 0.2) is 0 Å². The van der Waals surface area contributed by atoms with Gasteiger partial charge in [-0.3, -0.25) is 19.6 Å². The number of hydrogen-bond donors (Lipinski definition) is 1. The highest BCUT2D eigenvalue weighted by Crippen LogP contribution is 2.27. The molecule has 22 heavy (non-hydrogen) atoms. The lowest BCUT2D eigenvalue weighted by Gasteiger charge is -2.08. The Kier molecular flexibility index (Phi) is 4.82. The normalized spacial score (nSPS) is 10.5. The Morgan fingerprint density at radius 2 is 2.18 bits per heavy atom. The topological polar surface area (TPSA) is 90.1 Å². The third kappa shape index (κ3) is 3.45. The maximum Gasteiger partial charge on any atom is 0.271 e. The molecule has 2 rings (SSSR count). The van der Waals surface area contributed by atoms with Crippen molar-refractivity contribution in [1.82, 2.24) is 9.78 Å². The molecule has 0 atom stereocenters. The average Bonchev–Trinajstić information content (AvgIpc) is 2.68. The zero-order chi connectivity index (χ0) is 16.4. The van der Waals surface area contributed by atoms with E-state index in [4.69, 9.17) is 11.6 Å². The quantitative estimate of drug-likeness (QED) is 0.642. The number of nitro benzene ring substituents is 1. The standard InChI is InChI=1S/C13H12BrClN4O3/c1-7-13(14)8(2)18(17-7)6-12(20)16-11-5-9(19(21)22)3-4-10(11)15/h3-5H,6H2,1-2H3,(H,16,20). The number of carbonyl (C=O) groups is 1. The largest absolute Gasteiger partial charge is 0.323 e. The fourth-order valence-corrected chi connectivity index (χ4v) is 2.33. The van der Waals surface area contributed by atoms with Crippen LogP contribution in [0.5, 0.6) is 0 Å². The van der Waals surface area contributed by atoms with E-state index in [1.54, 1.807) is 4.68 Å². The van der Waals surface area contributed by atoms with Crippen LogP contribution in [-0.4, -0.2) is 20.6 Å². The summed E-state index contributed by atoms with van der Waals surface area (Å²) >= 11 is 9.32. The second kappa shape index (κ2) is 6.45. The second-order valence-corrected chi connectivity index (χ2v) is 5.81. The molecular formula is C13H12BrClN4O3. The first kappa shape index (κ1) is 16.4. The molecule has 1 aromatic heterocycles. The smallest absolute Gasteiger partial charge is 0.271 e. The monoisotopic (exact) mass is 386 g/mol. The minimum absolute atomic E-state index is 0.0166. The number of nitro groups is 1. The van der Waals surface area contributed by atoms with Crippen LogP contribution >= 0.6 is 27.5 Å². The molecule has 116 valence electrons. The fraction of sp³-hybridized carbons (Fsp3) is 0.231. The van der Waals surface area contributed by atoms with Gasteiger partial charge in [-0.1, -0.05) is 11.6 Å². The maximum absolute atomic E-state index is 12.1. The van der Waals surface area contributed by atoms with Gasteiger partial charge in [0, 0.05) is 12.1 Å². The number of benzene rings is 1. The Hall–Kier alpha value is -1.93. The van der Waals surface area contributed by atoms with Gasteiger partial charge < -0.3 is 5.32 Å². The van der Waals surface area contributed by atoms with Gasteiger partial charge in [-0.15, -0.1) is 0 Å². The molecule has 1 N–H and O–H groups in total. The fourth-order valence-electron chi connectivity index (χ4n) is 1.88. The number of anilines is 1. The van der Waals surface area contributed by atoms with Crippen molar-refractivity contribution in [2.45, 2.75) is 20.4 Å². The minimum Gasteiger partial charge on any atom is -0.323 e. The van der Waals surface area contributed by atoms with Gasteiger partial charge in [0.25, 0.3) is 5.69 Å². The van der Waals surface area contributed by atoms with E-state index in [2.05, 4.69) is 26.3 Å². The molecule has 2 aromatic rings. The minimum atomic E-state index is -0.551. The molecule has 9 heteroatoms. The van der Waals surface area contributed by atoms with E-state index in [1.807, 2.05) is 13.8 Å². The molecule has 0 unspecified atom stereocenters. The maximum atomic E-state index is 12.1. The van der Waals surface area contributed by atoms with Crippen molar-refractivity contribution in [2.24, 2.45) is 0 Å². The van der Waals surface area contributed by atoms with E-state index in [0.29, 0.717) is 0 Å². The van der Waals surface area contributed by atoms with Crippen LogP contribution in [0.2, 0.25) is 5.02 Å². The zero-order valence-electron chi connectivity index (χ0n) is 11.8. The van der Waals surface area contributed by atoms with Crippen molar-refractivity contribution >= 4 is 44.8 Å². The van der Waals surface area contributed by atoms with Crippen LogP contribution < -0.4 is 5.32 Å². The van der Waals surface area contributed by atoms with E-state index in [0.717, 1.165) is 15.9 Å². The summed E-state index contributed by atoms with van der Waals surface area (Å²) in [4.78, 5) is 22.3. The number of non-ortho nitro benzene ring substituents is 1. The van der Waals surface area contributed by atoms with E-state index < -0.39 is 4.92 Å². The number of aryl methyl sites for hydroxylation is 1. The molecule has 0 saturated carbocycles.